The van der Waals surface area contributed by atoms with Gasteiger partial charge in [0.25, 0.3) is 0 Å². The Morgan fingerprint density at radius 3 is 2.63 bits per heavy atom. The van der Waals surface area contributed by atoms with Crippen molar-refractivity contribution < 1.29 is 9.90 Å². The SMILES string of the molecule is C=C1CCC[C@H]2[C@](C)(CC3=C(O)C(NCCC(C)C)=CC(=NCC(C)CC)C3=O)[C@@H](C)CC[C@]12C. The van der Waals surface area contributed by atoms with Crippen molar-refractivity contribution in [3.8, 4) is 0 Å². The third-order valence-electron chi connectivity index (χ3n) is 9.76. The average Bonchev–Trinajstić information content (AvgIpc) is 2.81. The molecule has 2 fully saturated rings. The van der Waals surface area contributed by atoms with Crippen LogP contribution in [0.3, 0.4) is 0 Å². The summed E-state index contributed by atoms with van der Waals surface area (Å²) in [6, 6.07) is 0. The van der Waals surface area contributed by atoms with Crippen LogP contribution in [0, 0.1) is 34.5 Å². The third-order valence-corrected chi connectivity index (χ3v) is 9.76. The summed E-state index contributed by atoms with van der Waals surface area (Å²) in [5.74, 6) is 1.98. The topological polar surface area (TPSA) is 61.7 Å². The summed E-state index contributed by atoms with van der Waals surface area (Å²) >= 11 is 0. The molecule has 196 valence electrons. The van der Waals surface area contributed by atoms with Crippen LogP contribution in [0.15, 0.2) is 40.2 Å². The Morgan fingerprint density at radius 1 is 1.26 bits per heavy atom. The molecule has 0 bridgehead atoms. The fourth-order valence-corrected chi connectivity index (χ4v) is 6.64. The molecule has 0 radical (unpaired) electrons. The van der Waals surface area contributed by atoms with Crippen molar-refractivity contribution in [2.75, 3.05) is 13.1 Å². The maximum absolute atomic E-state index is 13.8. The van der Waals surface area contributed by atoms with Crippen molar-refractivity contribution in [2.45, 2.75) is 99.8 Å². The summed E-state index contributed by atoms with van der Waals surface area (Å²) in [6.45, 7) is 21.7. The van der Waals surface area contributed by atoms with Gasteiger partial charge in [0.05, 0.1) is 5.70 Å². The van der Waals surface area contributed by atoms with Crippen molar-refractivity contribution in [2.24, 2.45) is 39.5 Å². The number of rotatable bonds is 9. The highest BCUT2D eigenvalue weighted by Gasteiger charge is 2.54. The van der Waals surface area contributed by atoms with E-state index in [1.807, 2.05) is 0 Å². The summed E-state index contributed by atoms with van der Waals surface area (Å²) in [5.41, 5.74) is 3.13. The van der Waals surface area contributed by atoms with Crippen molar-refractivity contribution in [3.05, 3.63) is 35.3 Å². The van der Waals surface area contributed by atoms with E-state index in [2.05, 4.69) is 60.4 Å². The number of nitrogens with zero attached hydrogens (tertiary/aromatic N) is 1. The molecule has 5 atom stereocenters. The zero-order valence-electron chi connectivity index (χ0n) is 23.5. The van der Waals surface area contributed by atoms with Crippen LogP contribution in [0.4, 0.5) is 0 Å². The molecule has 0 heterocycles. The van der Waals surface area contributed by atoms with Gasteiger partial charge in [0.2, 0.25) is 5.78 Å². The zero-order valence-corrected chi connectivity index (χ0v) is 23.5. The van der Waals surface area contributed by atoms with Crippen LogP contribution >= 0.6 is 0 Å². The first-order valence-corrected chi connectivity index (χ1v) is 14.1. The molecule has 1 unspecified atom stereocenters. The van der Waals surface area contributed by atoms with Crippen LogP contribution in [0.5, 0.6) is 0 Å². The van der Waals surface area contributed by atoms with E-state index in [0.717, 1.165) is 32.2 Å². The second-order valence-electron chi connectivity index (χ2n) is 12.7. The van der Waals surface area contributed by atoms with E-state index in [1.54, 1.807) is 6.08 Å². The molecule has 35 heavy (non-hydrogen) atoms. The van der Waals surface area contributed by atoms with E-state index in [0.29, 0.717) is 53.6 Å². The monoisotopic (exact) mass is 482 g/mol. The van der Waals surface area contributed by atoms with Gasteiger partial charge in [-0.05, 0) is 85.5 Å². The summed E-state index contributed by atoms with van der Waals surface area (Å²) in [6.07, 6.45) is 10.2. The number of hydrogen-bond donors (Lipinski definition) is 2. The number of Topliss-reactive ketones (excluding diaryl/α,β-unsaturated/α-hetero) is 1. The van der Waals surface area contributed by atoms with Crippen LogP contribution in [-0.4, -0.2) is 29.7 Å². The Hall–Kier alpha value is -1.84. The minimum atomic E-state index is -0.0875. The first kappa shape index (κ1) is 27.7. The van der Waals surface area contributed by atoms with E-state index < -0.39 is 0 Å². The van der Waals surface area contributed by atoms with E-state index in [-0.39, 0.29) is 22.4 Å². The Bertz CT molecular complexity index is 911. The minimum Gasteiger partial charge on any atom is -0.505 e. The van der Waals surface area contributed by atoms with Gasteiger partial charge in [-0.25, -0.2) is 0 Å². The normalized spacial score (nSPS) is 33.7. The van der Waals surface area contributed by atoms with Crippen molar-refractivity contribution >= 4 is 11.5 Å². The van der Waals surface area contributed by atoms with Gasteiger partial charge in [0.15, 0.2) is 0 Å². The molecule has 2 saturated carbocycles. The predicted molar refractivity (Wildman–Crippen MR) is 148 cm³/mol. The number of aliphatic imine (C=N–C) groups is 1. The molecular formula is C31H50N2O2. The quantitative estimate of drug-likeness (QED) is 0.263. The first-order valence-electron chi connectivity index (χ1n) is 14.1. The number of aliphatic hydroxyl groups excluding tert-OH is 1. The molecule has 2 N–H and O–H groups in total. The number of carbonyl (C=O) groups excluding carboxylic acids is 1. The van der Waals surface area contributed by atoms with Gasteiger partial charge in [-0.2, -0.15) is 0 Å². The molecule has 0 aromatic carbocycles. The van der Waals surface area contributed by atoms with E-state index in [4.69, 9.17) is 4.99 Å². The van der Waals surface area contributed by atoms with Gasteiger partial charge in [-0.15, -0.1) is 0 Å². The van der Waals surface area contributed by atoms with Crippen LogP contribution in [0.25, 0.3) is 0 Å². The second kappa shape index (κ2) is 11.0. The lowest BCUT2D eigenvalue weighted by atomic mass is 9.46. The molecule has 4 nitrogen and oxygen atoms in total. The van der Waals surface area contributed by atoms with Crippen LogP contribution < -0.4 is 5.32 Å². The maximum Gasteiger partial charge on any atom is 0.210 e. The Kier molecular flexibility index (Phi) is 8.76. The van der Waals surface area contributed by atoms with Gasteiger partial charge in [0, 0.05) is 18.7 Å². The van der Waals surface area contributed by atoms with Gasteiger partial charge >= 0.3 is 0 Å². The number of carbonyl (C=O) groups is 1. The van der Waals surface area contributed by atoms with Gasteiger partial charge in [-0.3, -0.25) is 9.79 Å². The molecule has 0 aromatic heterocycles. The minimum absolute atomic E-state index is 0.0719. The highest BCUT2D eigenvalue weighted by molar-refractivity contribution is 6.50. The molecule has 0 aliphatic heterocycles. The Morgan fingerprint density at radius 2 is 1.97 bits per heavy atom. The Balaban J connectivity index is 1.98. The zero-order chi connectivity index (χ0) is 26.0. The summed E-state index contributed by atoms with van der Waals surface area (Å²) in [4.78, 5) is 18.5. The number of aliphatic hydroxyl groups is 1. The number of allylic oxidation sites excluding steroid dienone is 3. The summed E-state index contributed by atoms with van der Waals surface area (Å²) < 4.78 is 0. The lowest BCUT2D eigenvalue weighted by Crippen LogP contribution is -2.51. The van der Waals surface area contributed by atoms with Crippen molar-refractivity contribution in [1.29, 1.82) is 0 Å². The van der Waals surface area contributed by atoms with Gasteiger partial charge < -0.3 is 10.4 Å². The van der Waals surface area contributed by atoms with Crippen molar-refractivity contribution in [3.63, 3.8) is 0 Å². The lowest BCUT2D eigenvalue weighted by molar-refractivity contribution is -0.111. The standard InChI is InChI=1S/C31H50N2O2/c1-9-21(4)19-33-26-17-25(32-16-14-20(2)3)28(34)24(29(26)35)18-31(8)23(6)13-15-30(7)22(5)11-10-12-27(30)31/h17,20-21,23,27,32,34H,5,9-16,18-19H2,1-4,6-8H3/t21?,23-,27+,30+,31+/m0/s1. The number of ketones is 1. The van der Waals surface area contributed by atoms with Crippen LogP contribution in [-0.2, 0) is 4.79 Å². The average molecular weight is 483 g/mol. The van der Waals surface area contributed by atoms with Crippen LogP contribution in [0.1, 0.15) is 99.8 Å². The smallest absolute Gasteiger partial charge is 0.210 e. The molecule has 3 rings (SSSR count). The highest BCUT2D eigenvalue weighted by Crippen LogP contribution is 2.63. The highest BCUT2D eigenvalue weighted by atomic mass is 16.3. The molecule has 0 saturated heterocycles. The van der Waals surface area contributed by atoms with Crippen molar-refractivity contribution in [1.82, 2.24) is 5.32 Å². The maximum atomic E-state index is 13.8. The number of hydrogen-bond acceptors (Lipinski definition) is 4. The molecule has 3 aliphatic carbocycles. The summed E-state index contributed by atoms with van der Waals surface area (Å²) in [5, 5.41) is 14.8. The lowest BCUT2D eigenvalue weighted by Gasteiger charge is -2.59. The van der Waals surface area contributed by atoms with Gasteiger partial charge in [0.1, 0.15) is 11.5 Å². The van der Waals surface area contributed by atoms with E-state index >= 15 is 0 Å². The summed E-state index contributed by atoms with van der Waals surface area (Å²) in [7, 11) is 0. The molecule has 0 aromatic rings. The van der Waals surface area contributed by atoms with E-state index in [9.17, 15) is 9.90 Å². The third kappa shape index (κ3) is 5.62. The molecule has 4 heteroatoms. The molecular weight excluding hydrogens is 432 g/mol. The molecule has 0 amide bonds. The fraction of sp³-hybridized carbons (Fsp3) is 0.742. The fourth-order valence-electron chi connectivity index (χ4n) is 6.64. The number of fused-ring (bicyclic) bond motifs is 1. The predicted octanol–water partition coefficient (Wildman–Crippen LogP) is 7.58. The first-order chi connectivity index (χ1) is 16.4. The molecule has 0 spiro atoms. The van der Waals surface area contributed by atoms with Gasteiger partial charge in [-0.1, -0.05) is 67.0 Å². The van der Waals surface area contributed by atoms with E-state index in [1.165, 1.54) is 24.8 Å². The van der Waals surface area contributed by atoms with Crippen LogP contribution in [0.2, 0.25) is 0 Å². The molecule has 3 aliphatic rings. The Labute approximate surface area is 214 Å². The second-order valence-corrected chi connectivity index (χ2v) is 12.7. The number of nitrogens with one attached hydrogen (secondary N) is 1. The largest absolute Gasteiger partial charge is 0.505 e.